The molecule has 0 N–H and O–H groups in total. The lowest BCUT2D eigenvalue weighted by molar-refractivity contribution is 1.48. The molecule has 0 radical (unpaired) electrons. The smallest absolute Gasteiger partial charge is 0.0227 e. The van der Waals surface area contributed by atoms with E-state index in [4.69, 9.17) is 0 Å². The Hall–Kier alpha value is -1.56. The first-order chi connectivity index (χ1) is 7.13. The van der Waals surface area contributed by atoms with Crippen LogP contribution in [0.5, 0.6) is 0 Å². The summed E-state index contributed by atoms with van der Waals surface area (Å²) < 4.78 is 0. The average Bonchev–Trinajstić information content (AvgIpc) is 2.26. The Balaban J connectivity index is 2.92. The van der Waals surface area contributed by atoms with Crippen molar-refractivity contribution >= 4 is 11.6 Å². The molecule has 0 aromatic heterocycles. The summed E-state index contributed by atoms with van der Waals surface area (Å²) in [7, 11) is 0. The summed E-state index contributed by atoms with van der Waals surface area (Å²) in [5, 5.41) is 0. The molecule has 0 heteroatoms. The van der Waals surface area contributed by atoms with Crippen LogP contribution in [0.1, 0.15) is 31.9 Å². The zero-order valence-electron chi connectivity index (χ0n) is 9.75. The van der Waals surface area contributed by atoms with Crippen molar-refractivity contribution < 1.29 is 0 Å². The van der Waals surface area contributed by atoms with Gasteiger partial charge in [-0.3, -0.25) is 0 Å². The number of hydrogen-bond acceptors (Lipinski definition) is 0. The molecule has 78 valence electrons. The molecule has 0 atom stereocenters. The van der Waals surface area contributed by atoms with Crippen molar-refractivity contribution in [3.63, 3.8) is 0 Å². The number of rotatable bonds is 3. The van der Waals surface area contributed by atoms with Gasteiger partial charge in [0.2, 0.25) is 0 Å². The van der Waals surface area contributed by atoms with Gasteiger partial charge in [-0.25, -0.2) is 0 Å². The maximum atomic E-state index is 3.94. The Morgan fingerprint density at radius 2 is 2.00 bits per heavy atom. The van der Waals surface area contributed by atoms with E-state index < -0.39 is 0 Å². The fourth-order valence-corrected chi connectivity index (χ4v) is 1.23. The van der Waals surface area contributed by atoms with Crippen LogP contribution < -0.4 is 0 Å². The summed E-state index contributed by atoms with van der Waals surface area (Å²) in [6.07, 6.45) is 6.35. The first kappa shape index (κ1) is 11.5. The van der Waals surface area contributed by atoms with Gasteiger partial charge in [0.25, 0.3) is 0 Å². The zero-order chi connectivity index (χ0) is 11.3. The molecule has 0 bridgehead atoms. The monoisotopic (exact) mass is 198 g/mol. The van der Waals surface area contributed by atoms with Gasteiger partial charge in [-0.1, -0.05) is 54.2 Å². The van der Waals surface area contributed by atoms with Gasteiger partial charge in [0, 0.05) is 0 Å². The van der Waals surface area contributed by atoms with Gasteiger partial charge in [-0.2, -0.15) is 0 Å². The molecule has 0 fully saturated rings. The van der Waals surface area contributed by atoms with Crippen molar-refractivity contribution in [3.05, 3.63) is 59.7 Å². The molecule has 0 unspecified atom stereocenters. The number of hydrogen-bond donors (Lipinski definition) is 0. The molecule has 1 aromatic carbocycles. The quantitative estimate of drug-likeness (QED) is 0.617. The van der Waals surface area contributed by atoms with Gasteiger partial charge in [0.1, 0.15) is 0 Å². The molecule has 1 aromatic rings. The first-order valence-electron chi connectivity index (χ1n) is 5.20. The maximum absolute atomic E-state index is 3.94. The molecule has 15 heavy (non-hydrogen) atoms. The second-order valence-electron chi connectivity index (χ2n) is 3.77. The largest absolute Gasteiger partial charge is 0.0955 e. The molecule has 0 saturated heterocycles. The fourth-order valence-electron chi connectivity index (χ4n) is 1.23. The van der Waals surface area contributed by atoms with Gasteiger partial charge in [-0.05, 0) is 38.0 Å². The highest BCUT2D eigenvalue weighted by Gasteiger charge is 1.93. The third-order valence-corrected chi connectivity index (χ3v) is 2.37. The second-order valence-corrected chi connectivity index (χ2v) is 3.77. The lowest BCUT2D eigenvalue weighted by atomic mass is 10.1. The first-order valence-corrected chi connectivity index (χ1v) is 5.20. The minimum atomic E-state index is 1.10. The van der Waals surface area contributed by atoms with Crippen molar-refractivity contribution in [1.29, 1.82) is 0 Å². The molecule has 0 aliphatic heterocycles. The van der Waals surface area contributed by atoms with E-state index in [1.165, 1.54) is 16.7 Å². The molecule has 0 nitrogen and oxygen atoms in total. The second kappa shape index (κ2) is 5.35. The van der Waals surface area contributed by atoms with Gasteiger partial charge in [0.05, 0.1) is 0 Å². The predicted molar refractivity (Wildman–Crippen MR) is 69.6 cm³/mol. The van der Waals surface area contributed by atoms with E-state index in [1.807, 2.05) is 13.8 Å². The minimum absolute atomic E-state index is 1.10. The van der Waals surface area contributed by atoms with Crippen LogP contribution >= 0.6 is 0 Å². The Kier molecular flexibility index (Phi) is 4.11. The Bertz CT molecular complexity index is 406. The summed E-state index contributed by atoms with van der Waals surface area (Å²) in [5.41, 5.74) is 4.80. The predicted octanol–water partition coefficient (Wildman–Crippen LogP) is 4.70. The van der Waals surface area contributed by atoms with Gasteiger partial charge >= 0.3 is 0 Å². The summed E-state index contributed by atoms with van der Waals surface area (Å²) in [6, 6.07) is 8.41. The third-order valence-electron chi connectivity index (χ3n) is 2.37. The summed E-state index contributed by atoms with van der Waals surface area (Å²) in [4.78, 5) is 0. The molecule has 1 rings (SSSR count). The lowest BCUT2D eigenvalue weighted by Crippen LogP contribution is -1.79. The standard InChI is InChI=1S/C15H18/c1-5-13(4)9-10-14-7-6-8-15(11-14)12(2)3/h5-11H,2H2,1,3-4H3/b10-9+,13-5+. The summed E-state index contributed by atoms with van der Waals surface area (Å²) in [6.45, 7) is 10.1. The minimum Gasteiger partial charge on any atom is -0.0955 e. The summed E-state index contributed by atoms with van der Waals surface area (Å²) >= 11 is 0. The molecule has 0 aliphatic rings. The van der Waals surface area contributed by atoms with Crippen LogP contribution in [0.2, 0.25) is 0 Å². The molecular weight excluding hydrogens is 180 g/mol. The van der Waals surface area contributed by atoms with Crippen molar-refractivity contribution in [2.24, 2.45) is 0 Å². The molecule has 0 heterocycles. The molecule has 0 amide bonds. The SMILES string of the molecule is C=C(C)c1cccc(/C=C/C(C)=C/C)c1. The molecule has 0 saturated carbocycles. The van der Waals surface area contributed by atoms with Crippen LogP contribution in [-0.4, -0.2) is 0 Å². The Labute approximate surface area is 92.6 Å². The lowest BCUT2D eigenvalue weighted by Gasteiger charge is -2.00. The number of benzene rings is 1. The van der Waals surface area contributed by atoms with Crippen LogP contribution in [-0.2, 0) is 0 Å². The Morgan fingerprint density at radius 3 is 2.60 bits per heavy atom. The van der Waals surface area contributed by atoms with Crippen molar-refractivity contribution in [2.45, 2.75) is 20.8 Å². The fraction of sp³-hybridized carbons (Fsp3) is 0.200. The number of allylic oxidation sites excluding steroid dienone is 4. The van der Waals surface area contributed by atoms with Gasteiger partial charge < -0.3 is 0 Å². The topological polar surface area (TPSA) is 0 Å². The van der Waals surface area contributed by atoms with E-state index in [0.717, 1.165) is 5.57 Å². The van der Waals surface area contributed by atoms with E-state index in [9.17, 15) is 0 Å². The average molecular weight is 198 g/mol. The maximum Gasteiger partial charge on any atom is -0.0227 e. The highest BCUT2D eigenvalue weighted by atomic mass is 14.0. The van der Waals surface area contributed by atoms with Crippen LogP contribution in [0.25, 0.3) is 11.6 Å². The highest BCUT2D eigenvalue weighted by Crippen LogP contribution is 2.14. The van der Waals surface area contributed by atoms with E-state index in [-0.39, 0.29) is 0 Å². The van der Waals surface area contributed by atoms with Gasteiger partial charge in [0.15, 0.2) is 0 Å². The highest BCUT2D eigenvalue weighted by molar-refractivity contribution is 5.65. The van der Waals surface area contributed by atoms with Crippen molar-refractivity contribution in [1.82, 2.24) is 0 Å². The summed E-state index contributed by atoms with van der Waals surface area (Å²) in [5.74, 6) is 0. The van der Waals surface area contributed by atoms with Gasteiger partial charge in [-0.15, -0.1) is 0 Å². The van der Waals surface area contributed by atoms with Crippen molar-refractivity contribution in [3.8, 4) is 0 Å². The normalized spacial score (nSPS) is 12.1. The molecule has 0 aliphatic carbocycles. The van der Waals surface area contributed by atoms with Crippen molar-refractivity contribution in [2.75, 3.05) is 0 Å². The zero-order valence-corrected chi connectivity index (χ0v) is 9.75. The van der Waals surface area contributed by atoms with E-state index in [0.29, 0.717) is 0 Å². The van der Waals surface area contributed by atoms with Crippen LogP contribution in [0.15, 0.2) is 48.6 Å². The molecule has 0 spiro atoms. The molecular formula is C15H18. The van der Waals surface area contributed by atoms with E-state index >= 15 is 0 Å². The van der Waals surface area contributed by atoms with E-state index in [2.05, 4.69) is 56.0 Å². The van der Waals surface area contributed by atoms with E-state index in [1.54, 1.807) is 0 Å². The van der Waals surface area contributed by atoms with Crippen LogP contribution in [0.3, 0.4) is 0 Å². The van der Waals surface area contributed by atoms with Crippen LogP contribution in [0.4, 0.5) is 0 Å². The third kappa shape index (κ3) is 3.59. The Morgan fingerprint density at radius 1 is 1.27 bits per heavy atom. The van der Waals surface area contributed by atoms with Crippen LogP contribution in [0, 0.1) is 0 Å².